The second-order valence-electron chi connectivity index (χ2n) is 5.11. The van der Waals surface area contributed by atoms with E-state index in [4.69, 9.17) is 0 Å². The average molecular weight is 242 g/mol. The fraction of sp³-hybridized carbons (Fsp3) is 0.571. The summed E-state index contributed by atoms with van der Waals surface area (Å²) >= 11 is 0. The van der Waals surface area contributed by atoms with Crippen LogP contribution in [0.25, 0.3) is 0 Å². The lowest BCUT2D eigenvalue weighted by Crippen LogP contribution is -2.22. The Bertz CT molecular complexity index is 363. The predicted octanol–water partition coefficient (Wildman–Crippen LogP) is 3.55. The van der Waals surface area contributed by atoms with Gasteiger partial charge in [0.1, 0.15) is 11.6 Å². The summed E-state index contributed by atoms with van der Waals surface area (Å²) in [6, 6.07) is 3.34. The van der Waals surface area contributed by atoms with Crippen LogP contribution in [0, 0.1) is 23.5 Å². The van der Waals surface area contributed by atoms with Crippen LogP contribution in [-0.2, 0) is 6.42 Å². The third-order valence-corrected chi connectivity index (χ3v) is 2.94. The standard InChI is InChI=1S/C14H20F2O/c1-9(2)6-10(3)14(17)8-11-7-12(15)4-5-13(11)16/h4-5,7,9-10,14,17H,6,8H2,1-3H3. The molecule has 0 saturated carbocycles. The normalized spacial score (nSPS) is 15.0. The van der Waals surface area contributed by atoms with Crippen molar-refractivity contribution in [2.24, 2.45) is 11.8 Å². The molecule has 0 aliphatic carbocycles. The molecule has 0 amide bonds. The SMILES string of the molecule is CC(C)CC(C)C(O)Cc1cc(F)ccc1F. The molecule has 0 aliphatic rings. The number of hydrogen-bond donors (Lipinski definition) is 1. The highest BCUT2D eigenvalue weighted by Crippen LogP contribution is 2.20. The van der Waals surface area contributed by atoms with Crippen LogP contribution in [0.4, 0.5) is 8.78 Å². The minimum absolute atomic E-state index is 0.0812. The van der Waals surface area contributed by atoms with Crippen molar-refractivity contribution < 1.29 is 13.9 Å². The summed E-state index contributed by atoms with van der Waals surface area (Å²) in [5.74, 6) is -0.359. The molecular weight excluding hydrogens is 222 g/mol. The molecule has 0 saturated heterocycles. The van der Waals surface area contributed by atoms with Gasteiger partial charge in [-0.3, -0.25) is 0 Å². The molecule has 3 heteroatoms. The molecule has 17 heavy (non-hydrogen) atoms. The Morgan fingerprint density at radius 3 is 2.41 bits per heavy atom. The van der Waals surface area contributed by atoms with Crippen LogP contribution < -0.4 is 0 Å². The van der Waals surface area contributed by atoms with Gasteiger partial charge >= 0.3 is 0 Å². The molecule has 1 aromatic carbocycles. The van der Waals surface area contributed by atoms with E-state index in [1.807, 2.05) is 6.92 Å². The molecule has 2 unspecified atom stereocenters. The van der Waals surface area contributed by atoms with E-state index in [1.54, 1.807) is 0 Å². The fourth-order valence-electron chi connectivity index (χ4n) is 2.03. The Morgan fingerprint density at radius 2 is 1.82 bits per heavy atom. The highest BCUT2D eigenvalue weighted by Gasteiger charge is 2.18. The molecule has 0 heterocycles. The topological polar surface area (TPSA) is 20.2 Å². The second kappa shape index (κ2) is 6.10. The van der Waals surface area contributed by atoms with E-state index in [-0.39, 0.29) is 17.9 Å². The third-order valence-electron chi connectivity index (χ3n) is 2.94. The van der Waals surface area contributed by atoms with Crippen molar-refractivity contribution in [1.29, 1.82) is 0 Å². The van der Waals surface area contributed by atoms with Crippen LogP contribution in [0.2, 0.25) is 0 Å². The molecule has 1 aromatic rings. The Morgan fingerprint density at radius 1 is 1.18 bits per heavy atom. The molecular formula is C14H20F2O. The number of aliphatic hydroxyl groups is 1. The minimum Gasteiger partial charge on any atom is -0.393 e. The molecule has 2 atom stereocenters. The van der Waals surface area contributed by atoms with Gasteiger partial charge in [0.05, 0.1) is 6.10 Å². The number of aliphatic hydroxyl groups excluding tert-OH is 1. The van der Waals surface area contributed by atoms with Crippen molar-refractivity contribution in [3.63, 3.8) is 0 Å². The monoisotopic (exact) mass is 242 g/mol. The molecule has 0 bridgehead atoms. The first-order valence-corrected chi connectivity index (χ1v) is 6.02. The first kappa shape index (κ1) is 14.1. The van der Waals surface area contributed by atoms with E-state index in [0.717, 1.165) is 24.6 Å². The quantitative estimate of drug-likeness (QED) is 0.837. The van der Waals surface area contributed by atoms with Gasteiger partial charge in [-0.1, -0.05) is 20.8 Å². The zero-order valence-electron chi connectivity index (χ0n) is 10.6. The maximum Gasteiger partial charge on any atom is 0.126 e. The first-order valence-electron chi connectivity index (χ1n) is 6.02. The van der Waals surface area contributed by atoms with E-state index in [1.165, 1.54) is 0 Å². The van der Waals surface area contributed by atoms with Crippen molar-refractivity contribution in [3.8, 4) is 0 Å². The Balaban J connectivity index is 2.67. The average Bonchev–Trinajstić information content (AvgIpc) is 2.22. The summed E-state index contributed by atoms with van der Waals surface area (Å²) in [6.07, 6.45) is 0.406. The van der Waals surface area contributed by atoms with Crippen molar-refractivity contribution in [2.75, 3.05) is 0 Å². The molecule has 0 fully saturated rings. The molecule has 96 valence electrons. The number of halogens is 2. The zero-order valence-corrected chi connectivity index (χ0v) is 10.6. The lowest BCUT2D eigenvalue weighted by atomic mass is 9.90. The van der Waals surface area contributed by atoms with Crippen LogP contribution in [0.1, 0.15) is 32.8 Å². The molecule has 1 N–H and O–H groups in total. The van der Waals surface area contributed by atoms with Gasteiger partial charge in [-0.05, 0) is 42.0 Å². The number of hydrogen-bond acceptors (Lipinski definition) is 1. The summed E-state index contributed by atoms with van der Waals surface area (Å²) in [5.41, 5.74) is 0.244. The van der Waals surface area contributed by atoms with Gasteiger partial charge < -0.3 is 5.11 Å². The Hall–Kier alpha value is -0.960. The van der Waals surface area contributed by atoms with Crippen LogP contribution in [-0.4, -0.2) is 11.2 Å². The lowest BCUT2D eigenvalue weighted by molar-refractivity contribution is 0.104. The highest BCUT2D eigenvalue weighted by molar-refractivity contribution is 5.19. The van der Waals surface area contributed by atoms with Crippen molar-refractivity contribution in [2.45, 2.75) is 39.7 Å². The maximum atomic E-state index is 13.4. The van der Waals surface area contributed by atoms with Crippen LogP contribution in [0.15, 0.2) is 18.2 Å². The molecule has 0 radical (unpaired) electrons. The summed E-state index contributed by atoms with van der Waals surface area (Å²) in [7, 11) is 0. The third kappa shape index (κ3) is 4.43. The Kier molecular flexibility index (Phi) is 5.06. The van der Waals surface area contributed by atoms with E-state index < -0.39 is 17.7 Å². The van der Waals surface area contributed by atoms with Gasteiger partial charge in [0.2, 0.25) is 0 Å². The van der Waals surface area contributed by atoms with Crippen LogP contribution >= 0.6 is 0 Å². The first-order chi connectivity index (χ1) is 7.90. The van der Waals surface area contributed by atoms with Crippen molar-refractivity contribution >= 4 is 0 Å². The molecule has 0 aliphatic heterocycles. The van der Waals surface area contributed by atoms with Crippen LogP contribution in [0.5, 0.6) is 0 Å². The van der Waals surface area contributed by atoms with Crippen molar-refractivity contribution in [1.82, 2.24) is 0 Å². The van der Waals surface area contributed by atoms with Gasteiger partial charge in [0, 0.05) is 6.42 Å². The Labute approximate surface area is 101 Å². The molecule has 1 nitrogen and oxygen atoms in total. The van der Waals surface area contributed by atoms with Crippen LogP contribution in [0.3, 0.4) is 0 Å². The summed E-state index contributed by atoms with van der Waals surface area (Å²) < 4.78 is 26.3. The minimum atomic E-state index is -0.631. The zero-order chi connectivity index (χ0) is 13.0. The van der Waals surface area contributed by atoms with E-state index in [2.05, 4.69) is 13.8 Å². The van der Waals surface area contributed by atoms with E-state index in [0.29, 0.717) is 5.92 Å². The lowest BCUT2D eigenvalue weighted by Gasteiger charge is -2.20. The van der Waals surface area contributed by atoms with Gasteiger partial charge in [-0.2, -0.15) is 0 Å². The maximum absolute atomic E-state index is 13.4. The number of rotatable bonds is 5. The van der Waals surface area contributed by atoms with Crippen molar-refractivity contribution in [3.05, 3.63) is 35.4 Å². The van der Waals surface area contributed by atoms with E-state index in [9.17, 15) is 13.9 Å². The van der Waals surface area contributed by atoms with Gasteiger partial charge in [-0.15, -0.1) is 0 Å². The fourth-order valence-corrected chi connectivity index (χ4v) is 2.03. The van der Waals surface area contributed by atoms with Gasteiger partial charge in [0.25, 0.3) is 0 Å². The summed E-state index contributed by atoms with van der Waals surface area (Å²) in [4.78, 5) is 0. The molecule has 0 spiro atoms. The highest BCUT2D eigenvalue weighted by atomic mass is 19.1. The summed E-state index contributed by atoms with van der Waals surface area (Å²) in [5, 5.41) is 9.95. The largest absolute Gasteiger partial charge is 0.393 e. The number of benzene rings is 1. The smallest absolute Gasteiger partial charge is 0.126 e. The second-order valence-corrected chi connectivity index (χ2v) is 5.11. The van der Waals surface area contributed by atoms with Gasteiger partial charge in [0.15, 0.2) is 0 Å². The summed E-state index contributed by atoms with van der Waals surface area (Å²) in [6.45, 7) is 6.08. The van der Waals surface area contributed by atoms with E-state index >= 15 is 0 Å². The van der Waals surface area contributed by atoms with Gasteiger partial charge in [-0.25, -0.2) is 8.78 Å². The molecule has 0 aromatic heterocycles. The molecule has 1 rings (SSSR count). The predicted molar refractivity (Wildman–Crippen MR) is 64.7 cm³/mol.